The van der Waals surface area contributed by atoms with Crippen LogP contribution in [0.15, 0.2) is 18.2 Å². The van der Waals surface area contributed by atoms with E-state index in [1.54, 1.807) is 12.1 Å². The molecule has 0 aliphatic heterocycles. The monoisotopic (exact) mass is 283 g/mol. The third kappa shape index (κ3) is 7.31. The van der Waals surface area contributed by atoms with Gasteiger partial charge in [0.2, 0.25) is 0 Å². The molecule has 0 heterocycles. The van der Waals surface area contributed by atoms with E-state index in [9.17, 15) is 5.11 Å². The maximum Gasteiger partial charge on any atom is 0.134 e. The van der Waals surface area contributed by atoms with Crippen molar-refractivity contribution < 1.29 is 5.11 Å². The summed E-state index contributed by atoms with van der Waals surface area (Å²) >= 11 is 5.85. The first kappa shape index (κ1) is 16.2. The minimum atomic E-state index is 0.138. The summed E-state index contributed by atoms with van der Waals surface area (Å²) in [5.41, 5.74) is 0.978. The van der Waals surface area contributed by atoms with Gasteiger partial charge in [0.1, 0.15) is 5.75 Å². The Morgan fingerprint density at radius 1 is 1.00 bits per heavy atom. The first-order valence-electron chi connectivity index (χ1n) is 7.46. The van der Waals surface area contributed by atoms with Crippen LogP contribution in [0.5, 0.6) is 5.75 Å². The molecule has 0 spiro atoms. The van der Waals surface area contributed by atoms with Gasteiger partial charge in [0.25, 0.3) is 0 Å². The van der Waals surface area contributed by atoms with Gasteiger partial charge in [0.15, 0.2) is 0 Å². The molecule has 2 N–H and O–H groups in total. The zero-order valence-corrected chi connectivity index (χ0v) is 12.7. The molecule has 0 atom stereocenters. The Balaban J connectivity index is 2.00. The number of benzene rings is 1. The van der Waals surface area contributed by atoms with E-state index in [4.69, 9.17) is 11.6 Å². The second-order valence-electron chi connectivity index (χ2n) is 5.07. The predicted molar refractivity (Wildman–Crippen MR) is 84.2 cm³/mol. The summed E-state index contributed by atoms with van der Waals surface area (Å²) in [6.45, 7) is 3.22. The van der Waals surface area contributed by atoms with Crippen LogP contribution >= 0.6 is 11.6 Å². The number of anilines is 1. The van der Waals surface area contributed by atoms with Gasteiger partial charge in [-0.25, -0.2) is 0 Å². The molecule has 3 heteroatoms. The molecule has 0 saturated heterocycles. The van der Waals surface area contributed by atoms with Crippen LogP contribution in [0.3, 0.4) is 0 Å². The molecule has 0 aliphatic rings. The second kappa shape index (κ2) is 9.96. The van der Waals surface area contributed by atoms with E-state index in [2.05, 4.69) is 12.2 Å². The highest BCUT2D eigenvalue weighted by molar-refractivity contribution is 6.32. The summed E-state index contributed by atoms with van der Waals surface area (Å²) in [5.74, 6) is 0.138. The third-order valence-electron chi connectivity index (χ3n) is 3.31. The highest BCUT2D eigenvalue weighted by Crippen LogP contribution is 2.25. The SMILES string of the molecule is CCCCCCCCCCNc1ccc(O)c(Cl)c1. The van der Waals surface area contributed by atoms with Crippen LogP contribution in [0.1, 0.15) is 58.3 Å². The molecule has 0 radical (unpaired) electrons. The Morgan fingerprint density at radius 3 is 2.26 bits per heavy atom. The Morgan fingerprint density at radius 2 is 1.63 bits per heavy atom. The topological polar surface area (TPSA) is 32.3 Å². The molecule has 0 unspecified atom stereocenters. The molecule has 1 rings (SSSR count). The van der Waals surface area contributed by atoms with Crippen LogP contribution in [0, 0.1) is 0 Å². The number of hydrogen-bond donors (Lipinski definition) is 2. The van der Waals surface area contributed by atoms with Crippen molar-refractivity contribution in [1.29, 1.82) is 0 Å². The van der Waals surface area contributed by atoms with Crippen molar-refractivity contribution in [2.75, 3.05) is 11.9 Å². The van der Waals surface area contributed by atoms with Gasteiger partial charge in [-0.15, -0.1) is 0 Å². The fourth-order valence-corrected chi connectivity index (χ4v) is 2.29. The van der Waals surface area contributed by atoms with Crippen LogP contribution in [0.4, 0.5) is 5.69 Å². The quantitative estimate of drug-likeness (QED) is 0.433. The predicted octanol–water partition coefficient (Wildman–Crippen LogP) is 5.60. The van der Waals surface area contributed by atoms with Crippen molar-refractivity contribution in [3.05, 3.63) is 23.2 Å². The number of unbranched alkanes of at least 4 members (excludes halogenated alkanes) is 7. The van der Waals surface area contributed by atoms with Gasteiger partial charge in [0.05, 0.1) is 5.02 Å². The lowest BCUT2D eigenvalue weighted by molar-refractivity contribution is 0.475. The lowest BCUT2D eigenvalue weighted by atomic mass is 10.1. The number of rotatable bonds is 10. The van der Waals surface area contributed by atoms with Crippen molar-refractivity contribution in [3.63, 3.8) is 0 Å². The molecule has 1 aromatic rings. The lowest BCUT2D eigenvalue weighted by Gasteiger charge is -2.07. The van der Waals surface area contributed by atoms with Crippen LogP contribution < -0.4 is 5.32 Å². The molecule has 19 heavy (non-hydrogen) atoms. The summed E-state index contributed by atoms with van der Waals surface area (Å²) in [6.07, 6.45) is 10.6. The zero-order chi connectivity index (χ0) is 13.9. The lowest BCUT2D eigenvalue weighted by Crippen LogP contribution is -2.01. The van der Waals surface area contributed by atoms with E-state index < -0.39 is 0 Å². The average Bonchev–Trinajstić information content (AvgIpc) is 2.41. The van der Waals surface area contributed by atoms with Gasteiger partial charge >= 0.3 is 0 Å². The first-order chi connectivity index (χ1) is 9.24. The molecule has 2 nitrogen and oxygen atoms in total. The van der Waals surface area contributed by atoms with E-state index >= 15 is 0 Å². The molecule has 0 aromatic heterocycles. The summed E-state index contributed by atoms with van der Waals surface area (Å²) in [7, 11) is 0. The van der Waals surface area contributed by atoms with Crippen molar-refractivity contribution >= 4 is 17.3 Å². The molecule has 0 aliphatic carbocycles. The Labute approximate surface area is 122 Å². The summed E-state index contributed by atoms with van der Waals surface area (Å²) in [4.78, 5) is 0. The number of aromatic hydroxyl groups is 1. The Hall–Kier alpha value is -0.890. The zero-order valence-electron chi connectivity index (χ0n) is 11.9. The van der Waals surface area contributed by atoms with E-state index in [1.165, 1.54) is 51.4 Å². The van der Waals surface area contributed by atoms with Gasteiger partial charge in [-0.05, 0) is 24.6 Å². The molecule has 0 bridgehead atoms. The fraction of sp³-hybridized carbons (Fsp3) is 0.625. The number of hydrogen-bond acceptors (Lipinski definition) is 2. The molecule has 0 amide bonds. The van der Waals surface area contributed by atoms with E-state index in [0.717, 1.165) is 12.2 Å². The second-order valence-corrected chi connectivity index (χ2v) is 5.48. The molecule has 0 saturated carbocycles. The van der Waals surface area contributed by atoms with Gasteiger partial charge < -0.3 is 10.4 Å². The summed E-state index contributed by atoms with van der Waals surface area (Å²) in [6, 6.07) is 5.24. The molecule has 0 fully saturated rings. The van der Waals surface area contributed by atoms with E-state index in [0.29, 0.717) is 5.02 Å². The largest absolute Gasteiger partial charge is 0.506 e. The number of phenolic OH excluding ortho intramolecular Hbond substituents is 1. The minimum Gasteiger partial charge on any atom is -0.506 e. The maximum absolute atomic E-state index is 9.31. The smallest absolute Gasteiger partial charge is 0.134 e. The average molecular weight is 284 g/mol. The first-order valence-corrected chi connectivity index (χ1v) is 7.84. The van der Waals surface area contributed by atoms with Crippen molar-refractivity contribution in [2.24, 2.45) is 0 Å². The highest BCUT2D eigenvalue weighted by Gasteiger charge is 1.99. The van der Waals surface area contributed by atoms with Crippen LogP contribution in [0.25, 0.3) is 0 Å². The van der Waals surface area contributed by atoms with Crippen molar-refractivity contribution in [2.45, 2.75) is 58.3 Å². The third-order valence-corrected chi connectivity index (χ3v) is 3.61. The number of phenols is 1. The summed E-state index contributed by atoms with van der Waals surface area (Å²) < 4.78 is 0. The van der Waals surface area contributed by atoms with Crippen molar-refractivity contribution in [3.8, 4) is 5.75 Å². The number of nitrogens with one attached hydrogen (secondary N) is 1. The van der Waals surface area contributed by atoms with E-state index in [1.807, 2.05) is 6.07 Å². The maximum atomic E-state index is 9.31. The molecular weight excluding hydrogens is 258 g/mol. The normalized spacial score (nSPS) is 10.6. The van der Waals surface area contributed by atoms with Gasteiger partial charge in [-0.3, -0.25) is 0 Å². The Kier molecular flexibility index (Phi) is 8.48. The van der Waals surface area contributed by atoms with Crippen LogP contribution in [-0.2, 0) is 0 Å². The van der Waals surface area contributed by atoms with Gasteiger partial charge in [0, 0.05) is 12.2 Å². The standard InChI is InChI=1S/C16H26ClNO/c1-2-3-4-5-6-7-8-9-12-18-14-10-11-16(19)15(17)13-14/h10-11,13,18-19H,2-9,12H2,1H3. The Bertz CT molecular complexity index is 355. The van der Waals surface area contributed by atoms with Crippen LogP contribution in [-0.4, -0.2) is 11.7 Å². The van der Waals surface area contributed by atoms with Gasteiger partial charge in [-0.1, -0.05) is 63.5 Å². The highest BCUT2D eigenvalue weighted by atomic mass is 35.5. The fourth-order valence-electron chi connectivity index (χ4n) is 2.11. The number of halogens is 1. The molecule has 1 aromatic carbocycles. The van der Waals surface area contributed by atoms with E-state index in [-0.39, 0.29) is 5.75 Å². The minimum absolute atomic E-state index is 0.138. The summed E-state index contributed by atoms with van der Waals surface area (Å²) in [5, 5.41) is 13.0. The van der Waals surface area contributed by atoms with Crippen LogP contribution in [0.2, 0.25) is 5.02 Å². The van der Waals surface area contributed by atoms with Crippen molar-refractivity contribution in [1.82, 2.24) is 0 Å². The molecular formula is C16H26ClNO. The molecule has 108 valence electrons. The van der Waals surface area contributed by atoms with Gasteiger partial charge in [-0.2, -0.15) is 0 Å².